The molecule has 0 radical (unpaired) electrons. The molecule has 0 atom stereocenters. The summed E-state index contributed by atoms with van der Waals surface area (Å²) in [4.78, 5) is 10.6. The van der Waals surface area contributed by atoms with Gasteiger partial charge in [-0.3, -0.25) is 0 Å². The summed E-state index contributed by atoms with van der Waals surface area (Å²) in [5.74, 6) is -1.09. The van der Waals surface area contributed by atoms with Gasteiger partial charge in [-0.1, -0.05) is 0 Å². The SMILES string of the molecule is CCn1nc(N)c(C(=O)O)c1N. The molecule has 0 aliphatic heterocycles. The number of aryl methyl sites for hydroxylation is 1. The molecule has 0 saturated heterocycles. The number of aromatic carboxylic acids is 1. The van der Waals surface area contributed by atoms with Gasteiger partial charge in [-0.05, 0) is 6.92 Å². The van der Waals surface area contributed by atoms with E-state index in [0.29, 0.717) is 6.54 Å². The summed E-state index contributed by atoms with van der Waals surface area (Å²) < 4.78 is 1.35. The molecule has 5 N–H and O–H groups in total. The second-order valence-electron chi connectivity index (χ2n) is 2.27. The molecule has 12 heavy (non-hydrogen) atoms. The van der Waals surface area contributed by atoms with Crippen LogP contribution >= 0.6 is 0 Å². The average Bonchev–Trinajstić information content (AvgIpc) is 2.25. The average molecular weight is 170 g/mol. The molecule has 6 heteroatoms. The first-order chi connectivity index (χ1) is 5.57. The standard InChI is InChI=1S/C6H10N4O2/c1-2-10-5(8)3(6(11)12)4(7)9-10/h2,8H2,1H3,(H2,7,9)(H,11,12). The first-order valence-electron chi connectivity index (χ1n) is 3.43. The summed E-state index contributed by atoms with van der Waals surface area (Å²) >= 11 is 0. The van der Waals surface area contributed by atoms with Crippen LogP contribution in [0.4, 0.5) is 11.6 Å². The van der Waals surface area contributed by atoms with Crippen molar-refractivity contribution >= 4 is 17.6 Å². The molecule has 66 valence electrons. The van der Waals surface area contributed by atoms with Crippen LogP contribution in [0.25, 0.3) is 0 Å². The molecule has 0 aliphatic carbocycles. The molecule has 0 aromatic carbocycles. The third-order valence-corrected chi connectivity index (χ3v) is 1.53. The highest BCUT2D eigenvalue weighted by atomic mass is 16.4. The van der Waals surface area contributed by atoms with Crippen LogP contribution in [0.15, 0.2) is 0 Å². The van der Waals surface area contributed by atoms with E-state index in [1.54, 1.807) is 6.92 Å². The highest BCUT2D eigenvalue weighted by Gasteiger charge is 2.18. The number of nitrogens with zero attached hydrogens (tertiary/aromatic N) is 2. The molecular formula is C6H10N4O2. The maximum atomic E-state index is 10.6. The predicted molar refractivity (Wildman–Crippen MR) is 43.7 cm³/mol. The third-order valence-electron chi connectivity index (χ3n) is 1.53. The van der Waals surface area contributed by atoms with Gasteiger partial charge in [0, 0.05) is 6.54 Å². The van der Waals surface area contributed by atoms with E-state index in [9.17, 15) is 4.79 Å². The number of aromatic nitrogens is 2. The van der Waals surface area contributed by atoms with E-state index in [1.165, 1.54) is 4.68 Å². The van der Waals surface area contributed by atoms with Crippen LogP contribution in [0.2, 0.25) is 0 Å². The zero-order valence-corrected chi connectivity index (χ0v) is 6.61. The highest BCUT2D eigenvalue weighted by Crippen LogP contribution is 2.18. The number of carboxylic acid groups (broad SMARTS) is 1. The lowest BCUT2D eigenvalue weighted by atomic mass is 10.3. The Morgan fingerprint density at radius 2 is 2.25 bits per heavy atom. The first-order valence-corrected chi connectivity index (χ1v) is 3.43. The number of hydrogen-bond acceptors (Lipinski definition) is 4. The smallest absolute Gasteiger partial charge is 0.343 e. The minimum atomic E-state index is -1.15. The summed E-state index contributed by atoms with van der Waals surface area (Å²) in [6, 6.07) is 0. The summed E-state index contributed by atoms with van der Waals surface area (Å²) in [7, 11) is 0. The van der Waals surface area contributed by atoms with Crippen molar-refractivity contribution in [3.05, 3.63) is 5.56 Å². The van der Waals surface area contributed by atoms with E-state index in [0.717, 1.165) is 0 Å². The van der Waals surface area contributed by atoms with Crippen LogP contribution in [0, 0.1) is 0 Å². The zero-order chi connectivity index (χ0) is 9.30. The number of nitrogens with two attached hydrogens (primary N) is 2. The Morgan fingerprint density at radius 1 is 1.67 bits per heavy atom. The van der Waals surface area contributed by atoms with Gasteiger partial charge in [0.1, 0.15) is 11.4 Å². The lowest BCUT2D eigenvalue weighted by Crippen LogP contribution is -2.06. The Kier molecular flexibility index (Phi) is 1.90. The zero-order valence-electron chi connectivity index (χ0n) is 6.61. The quantitative estimate of drug-likeness (QED) is 0.568. The van der Waals surface area contributed by atoms with E-state index >= 15 is 0 Å². The topological polar surface area (TPSA) is 107 Å². The molecule has 0 bridgehead atoms. The molecule has 1 aromatic heterocycles. The number of nitrogen functional groups attached to an aromatic ring is 2. The summed E-state index contributed by atoms with van der Waals surface area (Å²) in [5.41, 5.74) is 10.7. The van der Waals surface area contributed by atoms with E-state index in [2.05, 4.69) is 5.10 Å². The summed E-state index contributed by atoms with van der Waals surface area (Å²) in [5, 5.41) is 12.4. The maximum absolute atomic E-state index is 10.6. The minimum absolute atomic E-state index is 0.0400. The number of carboxylic acids is 1. The van der Waals surface area contributed by atoms with Gasteiger partial charge in [-0.25, -0.2) is 9.48 Å². The highest BCUT2D eigenvalue weighted by molar-refractivity contribution is 5.97. The van der Waals surface area contributed by atoms with E-state index < -0.39 is 5.97 Å². The van der Waals surface area contributed by atoms with Crippen LogP contribution in [0.3, 0.4) is 0 Å². The Balaban J connectivity index is 3.28. The predicted octanol–water partition coefficient (Wildman–Crippen LogP) is -0.234. The van der Waals surface area contributed by atoms with Gasteiger partial charge in [0.15, 0.2) is 5.82 Å². The molecule has 1 aromatic rings. The minimum Gasteiger partial charge on any atom is -0.477 e. The van der Waals surface area contributed by atoms with Crippen molar-refractivity contribution in [2.45, 2.75) is 13.5 Å². The maximum Gasteiger partial charge on any atom is 0.343 e. The molecular weight excluding hydrogens is 160 g/mol. The van der Waals surface area contributed by atoms with Crippen molar-refractivity contribution in [3.63, 3.8) is 0 Å². The molecule has 6 nitrogen and oxygen atoms in total. The Bertz CT molecular complexity index is 318. The fraction of sp³-hybridized carbons (Fsp3) is 0.333. The molecule has 1 heterocycles. The van der Waals surface area contributed by atoms with Crippen molar-refractivity contribution in [3.8, 4) is 0 Å². The fourth-order valence-electron chi connectivity index (χ4n) is 0.954. The van der Waals surface area contributed by atoms with Gasteiger partial charge in [0.2, 0.25) is 0 Å². The van der Waals surface area contributed by atoms with E-state index in [1.807, 2.05) is 0 Å². The summed E-state index contributed by atoms with van der Waals surface area (Å²) in [6.07, 6.45) is 0. The molecule has 0 unspecified atom stereocenters. The number of rotatable bonds is 2. The van der Waals surface area contributed by atoms with Crippen LogP contribution in [-0.2, 0) is 6.54 Å². The Morgan fingerprint density at radius 3 is 2.50 bits per heavy atom. The van der Waals surface area contributed by atoms with Crippen LogP contribution in [0.1, 0.15) is 17.3 Å². The van der Waals surface area contributed by atoms with Crippen LogP contribution in [0.5, 0.6) is 0 Å². The number of hydrogen-bond donors (Lipinski definition) is 3. The van der Waals surface area contributed by atoms with Crippen molar-refractivity contribution < 1.29 is 9.90 Å². The summed E-state index contributed by atoms with van der Waals surface area (Å²) in [6.45, 7) is 2.30. The van der Waals surface area contributed by atoms with Gasteiger partial charge in [-0.15, -0.1) is 0 Å². The van der Waals surface area contributed by atoms with Gasteiger partial charge >= 0.3 is 5.97 Å². The van der Waals surface area contributed by atoms with Gasteiger partial charge in [-0.2, -0.15) is 5.10 Å². The second kappa shape index (κ2) is 2.72. The number of anilines is 2. The van der Waals surface area contributed by atoms with Crippen LogP contribution in [-0.4, -0.2) is 20.9 Å². The molecule has 0 spiro atoms. The van der Waals surface area contributed by atoms with Gasteiger partial charge in [0.05, 0.1) is 0 Å². The lowest BCUT2D eigenvalue weighted by Gasteiger charge is -1.97. The third kappa shape index (κ3) is 1.07. The lowest BCUT2D eigenvalue weighted by molar-refractivity contribution is 0.0699. The van der Waals surface area contributed by atoms with Crippen molar-refractivity contribution in [1.82, 2.24) is 9.78 Å². The molecule has 0 fully saturated rings. The Hall–Kier alpha value is -1.72. The van der Waals surface area contributed by atoms with E-state index in [4.69, 9.17) is 16.6 Å². The molecule has 0 aliphatic rings. The molecule has 0 amide bonds. The first kappa shape index (κ1) is 8.38. The van der Waals surface area contributed by atoms with Gasteiger partial charge in [0.25, 0.3) is 0 Å². The molecule has 0 saturated carbocycles. The normalized spacial score (nSPS) is 10.1. The molecule has 1 rings (SSSR count). The van der Waals surface area contributed by atoms with Gasteiger partial charge < -0.3 is 16.6 Å². The fourth-order valence-corrected chi connectivity index (χ4v) is 0.954. The monoisotopic (exact) mass is 170 g/mol. The largest absolute Gasteiger partial charge is 0.477 e. The Labute approximate surface area is 68.8 Å². The van der Waals surface area contributed by atoms with Crippen LogP contribution < -0.4 is 11.5 Å². The van der Waals surface area contributed by atoms with Crippen molar-refractivity contribution in [1.29, 1.82) is 0 Å². The van der Waals surface area contributed by atoms with Crippen molar-refractivity contribution in [2.24, 2.45) is 0 Å². The van der Waals surface area contributed by atoms with E-state index in [-0.39, 0.29) is 17.2 Å². The number of carbonyl (C=O) groups is 1. The van der Waals surface area contributed by atoms with Crippen molar-refractivity contribution in [2.75, 3.05) is 11.5 Å². The second-order valence-corrected chi connectivity index (χ2v) is 2.27.